The maximum absolute atomic E-state index is 13.4. The van der Waals surface area contributed by atoms with E-state index < -0.39 is 11.6 Å². The topological polar surface area (TPSA) is 35.5 Å². The van der Waals surface area contributed by atoms with E-state index in [-0.39, 0.29) is 0 Å². The minimum absolute atomic E-state index is 0.595. The summed E-state index contributed by atoms with van der Waals surface area (Å²) in [5.74, 6) is -0.761. The number of nitrogens with zero attached hydrogens (tertiary/aromatic N) is 5. The highest BCUT2D eigenvalue weighted by Crippen LogP contribution is 2.22. The number of anilines is 1. The summed E-state index contributed by atoms with van der Waals surface area (Å²) in [4.78, 5) is 16.3. The number of rotatable bonds is 4. The molecular formula is C20H25F2N5. The third-order valence-corrected chi connectivity index (χ3v) is 5.49. The van der Waals surface area contributed by atoms with Crippen LogP contribution in [0.25, 0.3) is 0 Å². The molecular weight excluding hydrogens is 348 g/mol. The Labute approximate surface area is 158 Å². The van der Waals surface area contributed by atoms with Gasteiger partial charge in [0, 0.05) is 64.0 Å². The number of hydrogen-bond donors (Lipinski definition) is 0. The predicted molar refractivity (Wildman–Crippen MR) is 101 cm³/mol. The Morgan fingerprint density at radius 1 is 1.00 bits per heavy atom. The zero-order valence-corrected chi connectivity index (χ0v) is 15.7. The van der Waals surface area contributed by atoms with Crippen molar-refractivity contribution in [3.05, 3.63) is 52.9 Å². The number of fused-ring (bicyclic) bond motifs is 1. The molecule has 2 aliphatic heterocycles. The van der Waals surface area contributed by atoms with Crippen LogP contribution in [0, 0.1) is 11.6 Å². The van der Waals surface area contributed by atoms with Crippen LogP contribution >= 0.6 is 0 Å². The molecule has 5 nitrogen and oxygen atoms in total. The number of piperazine rings is 1. The molecule has 1 aromatic heterocycles. The van der Waals surface area contributed by atoms with Crippen LogP contribution in [0.15, 0.2) is 24.4 Å². The summed E-state index contributed by atoms with van der Waals surface area (Å²) in [6.07, 6.45) is 2.78. The molecule has 0 bridgehead atoms. The minimum Gasteiger partial charge on any atom is -0.338 e. The SMILES string of the molecule is CCN1CCN(c2ncc3c(n2)CCN(Cc2ccc(F)c(F)c2)C3)CC1. The molecule has 1 fully saturated rings. The van der Waals surface area contributed by atoms with Crippen molar-refractivity contribution < 1.29 is 8.78 Å². The zero-order chi connectivity index (χ0) is 18.8. The van der Waals surface area contributed by atoms with E-state index in [9.17, 15) is 8.78 Å². The third-order valence-electron chi connectivity index (χ3n) is 5.49. The maximum Gasteiger partial charge on any atom is 0.225 e. The maximum atomic E-state index is 13.4. The number of halogens is 2. The lowest BCUT2D eigenvalue weighted by Gasteiger charge is -2.35. The first-order chi connectivity index (χ1) is 13.1. The molecule has 0 saturated carbocycles. The van der Waals surface area contributed by atoms with Crippen LogP contribution in [0.4, 0.5) is 14.7 Å². The Morgan fingerprint density at radius 3 is 2.56 bits per heavy atom. The van der Waals surface area contributed by atoms with Crippen LogP contribution in [0.2, 0.25) is 0 Å². The molecule has 0 amide bonds. The predicted octanol–water partition coefficient (Wildman–Crippen LogP) is 2.46. The van der Waals surface area contributed by atoms with E-state index in [1.165, 1.54) is 12.1 Å². The van der Waals surface area contributed by atoms with Crippen molar-refractivity contribution in [1.29, 1.82) is 0 Å². The van der Waals surface area contributed by atoms with E-state index in [1.807, 2.05) is 6.20 Å². The highest BCUT2D eigenvalue weighted by atomic mass is 19.2. The monoisotopic (exact) mass is 373 g/mol. The Bertz CT molecular complexity index is 805. The fraction of sp³-hybridized carbons (Fsp3) is 0.500. The summed E-state index contributed by atoms with van der Waals surface area (Å²) in [5, 5.41) is 0. The average molecular weight is 373 g/mol. The second kappa shape index (κ2) is 7.86. The molecule has 1 saturated heterocycles. The van der Waals surface area contributed by atoms with Gasteiger partial charge in [0.1, 0.15) is 0 Å². The van der Waals surface area contributed by atoms with Gasteiger partial charge in [-0.25, -0.2) is 18.7 Å². The van der Waals surface area contributed by atoms with Crippen LogP contribution in [-0.2, 0) is 19.5 Å². The smallest absolute Gasteiger partial charge is 0.225 e. The molecule has 4 rings (SSSR count). The van der Waals surface area contributed by atoms with Gasteiger partial charge < -0.3 is 9.80 Å². The molecule has 2 aromatic rings. The van der Waals surface area contributed by atoms with Gasteiger partial charge in [-0.05, 0) is 24.2 Å². The molecule has 1 aromatic carbocycles. The van der Waals surface area contributed by atoms with E-state index >= 15 is 0 Å². The average Bonchev–Trinajstić information content (AvgIpc) is 2.70. The largest absolute Gasteiger partial charge is 0.338 e. The first-order valence-corrected chi connectivity index (χ1v) is 9.60. The fourth-order valence-corrected chi connectivity index (χ4v) is 3.81. The van der Waals surface area contributed by atoms with Crippen molar-refractivity contribution in [3.63, 3.8) is 0 Å². The molecule has 144 valence electrons. The van der Waals surface area contributed by atoms with Crippen molar-refractivity contribution >= 4 is 5.95 Å². The van der Waals surface area contributed by atoms with Gasteiger partial charge in [-0.2, -0.15) is 0 Å². The van der Waals surface area contributed by atoms with Crippen LogP contribution in [-0.4, -0.2) is 59.0 Å². The minimum atomic E-state index is -0.802. The Kier molecular flexibility index (Phi) is 5.31. The summed E-state index contributed by atoms with van der Waals surface area (Å²) in [7, 11) is 0. The van der Waals surface area contributed by atoms with Crippen molar-refractivity contribution in [2.24, 2.45) is 0 Å². The quantitative estimate of drug-likeness (QED) is 0.823. The normalized spacial score (nSPS) is 18.6. The Balaban J connectivity index is 1.41. The lowest BCUT2D eigenvalue weighted by Crippen LogP contribution is -2.47. The molecule has 7 heteroatoms. The summed E-state index contributed by atoms with van der Waals surface area (Å²) in [6, 6.07) is 4.11. The van der Waals surface area contributed by atoms with Gasteiger partial charge in [-0.15, -0.1) is 0 Å². The van der Waals surface area contributed by atoms with E-state index in [4.69, 9.17) is 4.98 Å². The molecule has 0 atom stereocenters. The first kappa shape index (κ1) is 18.3. The van der Waals surface area contributed by atoms with E-state index in [1.54, 1.807) is 6.07 Å². The zero-order valence-electron chi connectivity index (χ0n) is 15.7. The molecule has 0 N–H and O–H groups in total. The standard InChI is InChI=1S/C20H25F2N5/c1-2-25-7-9-27(10-8-25)20-23-12-16-14-26(6-5-19(16)24-20)13-15-3-4-17(21)18(22)11-15/h3-4,11-12H,2,5-10,13-14H2,1H3. The van der Waals surface area contributed by atoms with Gasteiger partial charge in [0.2, 0.25) is 5.95 Å². The Morgan fingerprint density at radius 2 is 1.81 bits per heavy atom. The fourth-order valence-electron chi connectivity index (χ4n) is 3.81. The summed E-state index contributed by atoms with van der Waals surface area (Å²) < 4.78 is 26.5. The van der Waals surface area contributed by atoms with Crippen molar-refractivity contribution in [2.75, 3.05) is 44.2 Å². The highest BCUT2D eigenvalue weighted by Gasteiger charge is 2.22. The lowest BCUT2D eigenvalue weighted by atomic mass is 10.1. The molecule has 0 radical (unpaired) electrons. The molecule has 3 heterocycles. The molecule has 27 heavy (non-hydrogen) atoms. The second-order valence-corrected chi connectivity index (χ2v) is 7.27. The number of hydrogen-bond acceptors (Lipinski definition) is 5. The molecule has 0 spiro atoms. The number of aromatic nitrogens is 2. The van der Waals surface area contributed by atoms with Gasteiger partial charge in [-0.3, -0.25) is 4.90 Å². The molecule has 0 aliphatic carbocycles. The third kappa shape index (κ3) is 4.09. The number of benzene rings is 1. The molecule has 0 unspecified atom stereocenters. The van der Waals surface area contributed by atoms with Crippen molar-refractivity contribution in [2.45, 2.75) is 26.4 Å². The first-order valence-electron chi connectivity index (χ1n) is 9.60. The Hall–Kier alpha value is -2.12. The van der Waals surface area contributed by atoms with Gasteiger partial charge in [0.15, 0.2) is 11.6 Å². The van der Waals surface area contributed by atoms with Crippen molar-refractivity contribution in [3.8, 4) is 0 Å². The van der Waals surface area contributed by atoms with Gasteiger partial charge in [0.05, 0.1) is 5.69 Å². The van der Waals surface area contributed by atoms with Crippen molar-refractivity contribution in [1.82, 2.24) is 19.8 Å². The lowest BCUT2D eigenvalue weighted by molar-refractivity contribution is 0.242. The summed E-state index contributed by atoms with van der Waals surface area (Å²) >= 11 is 0. The van der Waals surface area contributed by atoms with Gasteiger partial charge in [0.25, 0.3) is 0 Å². The van der Waals surface area contributed by atoms with Crippen LogP contribution in [0.1, 0.15) is 23.7 Å². The second-order valence-electron chi connectivity index (χ2n) is 7.27. The summed E-state index contributed by atoms with van der Waals surface area (Å²) in [6.45, 7) is 9.51. The number of likely N-dealkylation sites (N-methyl/N-ethyl adjacent to an activating group) is 1. The van der Waals surface area contributed by atoms with Crippen LogP contribution < -0.4 is 4.90 Å². The van der Waals surface area contributed by atoms with Crippen LogP contribution in [0.5, 0.6) is 0 Å². The summed E-state index contributed by atoms with van der Waals surface area (Å²) in [5.41, 5.74) is 3.02. The van der Waals surface area contributed by atoms with Crippen LogP contribution in [0.3, 0.4) is 0 Å². The van der Waals surface area contributed by atoms with E-state index in [2.05, 4.69) is 26.6 Å². The van der Waals surface area contributed by atoms with E-state index in [0.717, 1.165) is 75.0 Å². The van der Waals surface area contributed by atoms with E-state index in [0.29, 0.717) is 6.54 Å². The van der Waals surface area contributed by atoms with Gasteiger partial charge in [-0.1, -0.05) is 13.0 Å². The highest BCUT2D eigenvalue weighted by molar-refractivity contribution is 5.35. The van der Waals surface area contributed by atoms with Gasteiger partial charge >= 0.3 is 0 Å². The molecule has 2 aliphatic rings.